The molecule has 2 aliphatic carbocycles. The van der Waals surface area contributed by atoms with E-state index >= 15 is 0 Å². The quantitative estimate of drug-likeness (QED) is 0.612. The van der Waals surface area contributed by atoms with E-state index in [-0.39, 0.29) is 11.9 Å². The highest BCUT2D eigenvalue weighted by molar-refractivity contribution is 5.79. The Labute approximate surface area is 146 Å². The van der Waals surface area contributed by atoms with Gasteiger partial charge in [-0.2, -0.15) is 0 Å². The summed E-state index contributed by atoms with van der Waals surface area (Å²) in [6.07, 6.45) is 8.47. The lowest BCUT2D eigenvalue weighted by atomic mass is 9.86. The van der Waals surface area contributed by atoms with E-state index in [0.29, 0.717) is 26.2 Å². The molecule has 0 unspecified atom stereocenters. The highest BCUT2D eigenvalue weighted by Gasteiger charge is 2.69. The summed E-state index contributed by atoms with van der Waals surface area (Å²) in [5, 5.41) is 0. The van der Waals surface area contributed by atoms with Crippen molar-refractivity contribution >= 4 is 5.97 Å². The van der Waals surface area contributed by atoms with Crippen LogP contribution in [0.5, 0.6) is 0 Å². The molecule has 0 amide bonds. The van der Waals surface area contributed by atoms with E-state index in [2.05, 4.69) is 12.1 Å². The van der Waals surface area contributed by atoms with Crippen molar-refractivity contribution in [3.05, 3.63) is 59.7 Å². The number of carbonyl (C=O) groups is 1. The molecule has 1 saturated heterocycles. The van der Waals surface area contributed by atoms with Gasteiger partial charge in [0.05, 0.1) is 25.7 Å². The van der Waals surface area contributed by atoms with E-state index in [0.717, 1.165) is 11.1 Å². The predicted molar refractivity (Wildman–Crippen MR) is 88.5 cm³/mol. The van der Waals surface area contributed by atoms with Gasteiger partial charge in [0.2, 0.25) is 5.79 Å². The Morgan fingerprint density at radius 1 is 1.12 bits per heavy atom. The molecule has 3 spiro atoms. The van der Waals surface area contributed by atoms with Crippen molar-refractivity contribution in [2.24, 2.45) is 5.92 Å². The maximum Gasteiger partial charge on any atom is 0.312 e. The number of benzene rings is 1. The van der Waals surface area contributed by atoms with Gasteiger partial charge in [-0.1, -0.05) is 24.3 Å². The Balaban J connectivity index is 1.53. The molecule has 2 heterocycles. The van der Waals surface area contributed by atoms with E-state index in [9.17, 15) is 4.79 Å². The van der Waals surface area contributed by atoms with Gasteiger partial charge in [0.1, 0.15) is 11.2 Å². The Hall–Kier alpha value is -1.95. The number of ether oxygens (including phenoxy) is 4. The molecular formula is C20H20O5. The lowest BCUT2D eigenvalue weighted by Gasteiger charge is -2.31. The van der Waals surface area contributed by atoms with Crippen LogP contribution in [0.3, 0.4) is 0 Å². The lowest BCUT2D eigenvalue weighted by molar-refractivity contribution is -0.148. The van der Waals surface area contributed by atoms with Gasteiger partial charge in [-0.15, -0.1) is 0 Å². The minimum absolute atomic E-state index is 0.183. The average molecular weight is 340 g/mol. The first-order chi connectivity index (χ1) is 12.1. The summed E-state index contributed by atoms with van der Waals surface area (Å²) in [6, 6.07) is 8.11. The van der Waals surface area contributed by atoms with Gasteiger partial charge in [0, 0.05) is 0 Å². The monoisotopic (exact) mass is 340 g/mol. The van der Waals surface area contributed by atoms with Gasteiger partial charge in [-0.3, -0.25) is 4.79 Å². The van der Waals surface area contributed by atoms with Crippen LogP contribution in [-0.4, -0.2) is 31.6 Å². The highest BCUT2D eigenvalue weighted by Crippen LogP contribution is 2.65. The van der Waals surface area contributed by atoms with Crippen LogP contribution in [0.25, 0.3) is 0 Å². The Kier molecular flexibility index (Phi) is 3.08. The summed E-state index contributed by atoms with van der Waals surface area (Å²) in [7, 11) is 0. The fourth-order valence-electron chi connectivity index (χ4n) is 4.25. The summed E-state index contributed by atoms with van der Waals surface area (Å²) in [5.74, 6) is -1.20. The summed E-state index contributed by atoms with van der Waals surface area (Å²) < 4.78 is 23.2. The Morgan fingerprint density at radius 3 is 2.48 bits per heavy atom. The molecule has 2 aliphatic heterocycles. The number of hydrogen-bond donors (Lipinski definition) is 0. The number of carbonyl (C=O) groups excluding carboxylic acids is 1. The van der Waals surface area contributed by atoms with Crippen LogP contribution in [0.2, 0.25) is 0 Å². The highest BCUT2D eigenvalue weighted by atomic mass is 16.7. The van der Waals surface area contributed by atoms with E-state index in [1.165, 1.54) is 0 Å². The predicted octanol–water partition coefficient (Wildman–Crippen LogP) is 2.56. The second-order valence-corrected chi connectivity index (χ2v) is 6.92. The molecule has 5 heteroatoms. The maximum absolute atomic E-state index is 12.3. The maximum atomic E-state index is 12.3. The van der Waals surface area contributed by atoms with Gasteiger partial charge in [-0.05, 0) is 48.8 Å². The summed E-state index contributed by atoms with van der Waals surface area (Å²) in [4.78, 5) is 12.3. The minimum atomic E-state index is -0.774. The third-order valence-electron chi connectivity index (χ3n) is 5.50. The molecule has 0 bridgehead atoms. The topological polar surface area (TPSA) is 54.0 Å². The van der Waals surface area contributed by atoms with E-state index < -0.39 is 17.0 Å². The van der Waals surface area contributed by atoms with Gasteiger partial charge in [-0.25, -0.2) is 0 Å². The van der Waals surface area contributed by atoms with Crippen LogP contribution in [-0.2, 0) is 34.9 Å². The number of esters is 1. The largest absolute Gasteiger partial charge is 0.466 e. The van der Waals surface area contributed by atoms with Crippen molar-refractivity contribution in [2.75, 3.05) is 19.8 Å². The molecular weight excluding hydrogens is 320 g/mol. The van der Waals surface area contributed by atoms with Crippen LogP contribution in [0, 0.1) is 5.92 Å². The zero-order valence-electron chi connectivity index (χ0n) is 14.1. The Bertz CT molecular complexity index is 773. The van der Waals surface area contributed by atoms with Crippen molar-refractivity contribution in [3.63, 3.8) is 0 Å². The molecule has 1 saturated carbocycles. The molecule has 1 aromatic carbocycles. The SMILES string of the molecule is CCOC(=O)[C@@H]1C[C@]12OC1(C=CC3(C=C1)OCCO3)c1ccccc12. The minimum Gasteiger partial charge on any atom is -0.466 e. The summed E-state index contributed by atoms with van der Waals surface area (Å²) in [6.45, 7) is 3.36. The van der Waals surface area contributed by atoms with Crippen LogP contribution < -0.4 is 0 Å². The van der Waals surface area contributed by atoms with E-state index in [1.54, 1.807) is 0 Å². The van der Waals surface area contributed by atoms with Crippen LogP contribution in [0.15, 0.2) is 48.6 Å². The second-order valence-electron chi connectivity index (χ2n) is 6.92. The van der Waals surface area contributed by atoms with Crippen molar-refractivity contribution in [1.29, 1.82) is 0 Å². The van der Waals surface area contributed by atoms with Crippen LogP contribution in [0.1, 0.15) is 24.5 Å². The van der Waals surface area contributed by atoms with Crippen molar-refractivity contribution < 1.29 is 23.7 Å². The van der Waals surface area contributed by atoms with Gasteiger partial charge < -0.3 is 18.9 Å². The number of rotatable bonds is 2. The van der Waals surface area contributed by atoms with Crippen molar-refractivity contribution in [1.82, 2.24) is 0 Å². The first-order valence-corrected chi connectivity index (χ1v) is 8.79. The van der Waals surface area contributed by atoms with Crippen molar-refractivity contribution in [2.45, 2.75) is 30.3 Å². The van der Waals surface area contributed by atoms with E-state index in [4.69, 9.17) is 18.9 Å². The lowest BCUT2D eigenvalue weighted by Crippen LogP contribution is -2.33. The third-order valence-corrected chi connectivity index (χ3v) is 5.50. The molecule has 1 aromatic rings. The normalized spacial score (nSPS) is 32.4. The first-order valence-electron chi connectivity index (χ1n) is 8.79. The number of hydrogen-bond acceptors (Lipinski definition) is 5. The van der Waals surface area contributed by atoms with Gasteiger partial charge in [0.25, 0.3) is 0 Å². The zero-order valence-corrected chi connectivity index (χ0v) is 14.1. The molecule has 0 radical (unpaired) electrons. The fraction of sp³-hybridized carbons (Fsp3) is 0.450. The average Bonchev–Trinajstić information content (AvgIpc) is 3.05. The molecule has 5 nitrogen and oxygen atoms in total. The molecule has 0 N–H and O–H groups in total. The summed E-state index contributed by atoms with van der Waals surface area (Å²) >= 11 is 0. The molecule has 4 aliphatic rings. The fourth-order valence-corrected chi connectivity index (χ4v) is 4.25. The molecule has 0 aromatic heterocycles. The van der Waals surface area contributed by atoms with Crippen LogP contribution in [0.4, 0.5) is 0 Å². The molecule has 130 valence electrons. The second kappa shape index (κ2) is 5.04. The van der Waals surface area contributed by atoms with Crippen molar-refractivity contribution in [3.8, 4) is 0 Å². The standard InChI is InChI=1S/C20H20O5/c1-2-22-17(21)16-13-20(16)15-6-4-3-5-14(15)18(25-20)7-9-19(10-8-18)23-11-12-24-19/h3-10,16H,2,11-13H2,1H3/t16-,20+/m0/s1. The Morgan fingerprint density at radius 2 is 1.80 bits per heavy atom. The number of fused-ring (bicyclic) bond motifs is 3. The summed E-state index contributed by atoms with van der Waals surface area (Å²) in [5.41, 5.74) is 0.881. The molecule has 2 fully saturated rings. The van der Waals surface area contributed by atoms with E-state index in [1.807, 2.05) is 43.4 Å². The first kappa shape index (κ1) is 15.3. The van der Waals surface area contributed by atoms with Gasteiger partial charge >= 0.3 is 5.97 Å². The van der Waals surface area contributed by atoms with Crippen LogP contribution >= 0.6 is 0 Å². The van der Waals surface area contributed by atoms with Gasteiger partial charge in [0.15, 0.2) is 0 Å². The molecule has 2 atom stereocenters. The third kappa shape index (κ3) is 2.03. The smallest absolute Gasteiger partial charge is 0.312 e. The molecule has 5 rings (SSSR count). The zero-order chi connectivity index (χ0) is 17.1. The molecule has 25 heavy (non-hydrogen) atoms.